The van der Waals surface area contributed by atoms with E-state index in [9.17, 15) is 0 Å². The highest BCUT2D eigenvalue weighted by Crippen LogP contribution is 2.34. The molecule has 1 aliphatic carbocycles. The predicted molar refractivity (Wildman–Crippen MR) is 78.2 cm³/mol. The van der Waals surface area contributed by atoms with Crippen LogP contribution in [0.3, 0.4) is 0 Å². The standard InChI is InChI=1S/C16H21N3O/c1-2-10-17-14(12-8-9-12)11-15-18-16(19-20-15)13-6-4-3-5-7-13/h3-7,12,14,17H,2,8-11H2,1H3. The van der Waals surface area contributed by atoms with Crippen LogP contribution in [0.5, 0.6) is 0 Å². The van der Waals surface area contributed by atoms with Crippen LogP contribution in [-0.4, -0.2) is 22.7 Å². The van der Waals surface area contributed by atoms with Gasteiger partial charge in [0.15, 0.2) is 0 Å². The van der Waals surface area contributed by atoms with Gasteiger partial charge in [-0.25, -0.2) is 0 Å². The third-order valence-corrected chi connectivity index (χ3v) is 3.74. The van der Waals surface area contributed by atoms with E-state index in [0.29, 0.717) is 11.9 Å². The molecule has 0 radical (unpaired) electrons. The van der Waals surface area contributed by atoms with Crippen LogP contribution in [0.15, 0.2) is 34.9 Å². The van der Waals surface area contributed by atoms with Gasteiger partial charge in [0.1, 0.15) is 0 Å². The van der Waals surface area contributed by atoms with Crippen molar-refractivity contribution in [1.82, 2.24) is 15.5 Å². The fourth-order valence-corrected chi connectivity index (χ4v) is 2.46. The van der Waals surface area contributed by atoms with Gasteiger partial charge in [-0.05, 0) is 31.7 Å². The summed E-state index contributed by atoms with van der Waals surface area (Å²) in [7, 11) is 0. The molecular weight excluding hydrogens is 250 g/mol. The lowest BCUT2D eigenvalue weighted by molar-refractivity contribution is 0.346. The molecule has 1 atom stereocenters. The maximum Gasteiger partial charge on any atom is 0.228 e. The van der Waals surface area contributed by atoms with Crippen LogP contribution in [0.25, 0.3) is 11.4 Å². The van der Waals surface area contributed by atoms with Crippen molar-refractivity contribution >= 4 is 0 Å². The van der Waals surface area contributed by atoms with E-state index in [1.165, 1.54) is 12.8 Å². The second-order valence-corrected chi connectivity index (χ2v) is 5.48. The van der Waals surface area contributed by atoms with E-state index < -0.39 is 0 Å². The van der Waals surface area contributed by atoms with Crippen LogP contribution in [0.2, 0.25) is 0 Å². The lowest BCUT2D eigenvalue weighted by Gasteiger charge is -2.15. The van der Waals surface area contributed by atoms with Gasteiger partial charge in [0, 0.05) is 18.0 Å². The first kappa shape index (κ1) is 13.3. The Kier molecular flexibility index (Phi) is 4.11. The van der Waals surface area contributed by atoms with Gasteiger partial charge in [-0.15, -0.1) is 0 Å². The minimum Gasteiger partial charge on any atom is -0.339 e. The molecule has 106 valence electrons. The van der Waals surface area contributed by atoms with E-state index >= 15 is 0 Å². The number of aromatic nitrogens is 2. The first-order valence-corrected chi connectivity index (χ1v) is 7.48. The van der Waals surface area contributed by atoms with Crippen molar-refractivity contribution in [2.45, 2.75) is 38.6 Å². The van der Waals surface area contributed by atoms with Crippen molar-refractivity contribution in [2.75, 3.05) is 6.54 Å². The Balaban J connectivity index is 1.67. The molecule has 1 N–H and O–H groups in total. The van der Waals surface area contributed by atoms with Crippen LogP contribution in [0, 0.1) is 5.92 Å². The normalized spacial score (nSPS) is 16.2. The van der Waals surface area contributed by atoms with Gasteiger partial charge < -0.3 is 9.84 Å². The van der Waals surface area contributed by atoms with E-state index in [2.05, 4.69) is 22.4 Å². The topological polar surface area (TPSA) is 51.0 Å². The second kappa shape index (κ2) is 6.18. The maximum absolute atomic E-state index is 5.41. The lowest BCUT2D eigenvalue weighted by atomic mass is 10.1. The zero-order chi connectivity index (χ0) is 13.8. The summed E-state index contributed by atoms with van der Waals surface area (Å²) in [6.45, 7) is 3.25. The Hall–Kier alpha value is -1.68. The van der Waals surface area contributed by atoms with Crippen LogP contribution < -0.4 is 5.32 Å². The molecule has 1 aromatic heterocycles. The monoisotopic (exact) mass is 271 g/mol. The van der Waals surface area contributed by atoms with Crippen molar-refractivity contribution in [1.29, 1.82) is 0 Å². The zero-order valence-corrected chi connectivity index (χ0v) is 11.9. The van der Waals surface area contributed by atoms with Gasteiger partial charge in [0.05, 0.1) is 0 Å². The Bertz CT molecular complexity index is 534. The second-order valence-electron chi connectivity index (χ2n) is 5.48. The van der Waals surface area contributed by atoms with Gasteiger partial charge in [-0.3, -0.25) is 0 Å². The number of nitrogens with zero attached hydrogens (tertiary/aromatic N) is 2. The summed E-state index contributed by atoms with van der Waals surface area (Å²) in [6, 6.07) is 10.5. The molecule has 1 heterocycles. The minimum atomic E-state index is 0.485. The van der Waals surface area contributed by atoms with E-state index in [1.54, 1.807) is 0 Å². The Labute approximate surface area is 119 Å². The molecule has 0 amide bonds. The highest BCUT2D eigenvalue weighted by atomic mass is 16.5. The van der Waals surface area contributed by atoms with Crippen LogP contribution in [0.4, 0.5) is 0 Å². The molecule has 1 saturated carbocycles. The van der Waals surface area contributed by atoms with Crippen molar-refractivity contribution in [3.63, 3.8) is 0 Å². The molecule has 0 bridgehead atoms. The lowest BCUT2D eigenvalue weighted by Crippen LogP contribution is -2.33. The van der Waals surface area contributed by atoms with Crippen molar-refractivity contribution in [3.05, 3.63) is 36.2 Å². The van der Waals surface area contributed by atoms with Crippen molar-refractivity contribution in [3.8, 4) is 11.4 Å². The third-order valence-electron chi connectivity index (χ3n) is 3.74. The molecule has 20 heavy (non-hydrogen) atoms. The van der Waals surface area contributed by atoms with Crippen molar-refractivity contribution in [2.24, 2.45) is 5.92 Å². The summed E-state index contributed by atoms with van der Waals surface area (Å²) in [5.41, 5.74) is 1.01. The molecule has 0 aliphatic heterocycles. The van der Waals surface area contributed by atoms with Crippen LogP contribution in [0.1, 0.15) is 32.1 Å². The molecule has 2 aromatic rings. The SMILES string of the molecule is CCCNC(Cc1nc(-c2ccccc2)no1)C1CC1. The van der Waals surface area contributed by atoms with Crippen LogP contribution in [-0.2, 0) is 6.42 Å². The Morgan fingerprint density at radius 1 is 1.30 bits per heavy atom. The number of rotatable bonds is 7. The van der Waals surface area contributed by atoms with E-state index in [1.807, 2.05) is 30.3 Å². The van der Waals surface area contributed by atoms with E-state index in [-0.39, 0.29) is 0 Å². The fourth-order valence-electron chi connectivity index (χ4n) is 2.46. The molecule has 3 rings (SSSR count). The van der Waals surface area contributed by atoms with Crippen LogP contribution >= 0.6 is 0 Å². The first-order chi connectivity index (χ1) is 9.86. The average Bonchev–Trinajstić information content (AvgIpc) is 3.23. The summed E-state index contributed by atoms with van der Waals surface area (Å²) in [4.78, 5) is 4.52. The molecule has 4 heteroatoms. The molecular formula is C16H21N3O. The molecule has 0 saturated heterocycles. The largest absolute Gasteiger partial charge is 0.339 e. The minimum absolute atomic E-state index is 0.485. The highest BCUT2D eigenvalue weighted by Gasteiger charge is 2.32. The predicted octanol–water partition coefficient (Wildman–Crippen LogP) is 3.06. The highest BCUT2D eigenvalue weighted by molar-refractivity contribution is 5.53. The van der Waals surface area contributed by atoms with Gasteiger partial charge in [0.2, 0.25) is 11.7 Å². The quantitative estimate of drug-likeness (QED) is 0.841. The Morgan fingerprint density at radius 3 is 2.80 bits per heavy atom. The number of hydrogen-bond acceptors (Lipinski definition) is 4. The molecule has 1 aliphatic rings. The average molecular weight is 271 g/mol. The molecule has 1 fully saturated rings. The summed E-state index contributed by atoms with van der Waals surface area (Å²) >= 11 is 0. The molecule has 4 nitrogen and oxygen atoms in total. The van der Waals surface area contributed by atoms with Crippen molar-refractivity contribution < 1.29 is 4.52 Å². The molecule has 1 aromatic carbocycles. The van der Waals surface area contributed by atoms with E-state index in [0.717, 1.165) is 36.8 Å². The Morgan fingerprint density at radius 2 is 2.10 bits per heavy atom. The summed E-state index contributed by atoms with van der Waals surface area (Å²) in [6.07, 6.45) is 4.63. The zero-order valence-electron chi connectivity index (χ0n) is 11.9. The molecule has 0 spiro atoms. The smallest absolute Gasteiger partial charge is 0.228 e. The maximum atomic E-state index is 5.41. The van der Waals surface area contributed by atoms with Gasteiger partial charge >= 0.3 is 0 Å². The third kappa shape index (κ3) is 3.25. The summed E-state index contributed by atoms with van der Waals surface area (Å²) in [5.74, 6) is 2.21. The summed E-state index contributed by atoms with van der Waals surface area (Å²) in [5, 5.41) is 7.69. The first-order valence-electron chi connectivity index (χ1n) is 7.48. The van der Waals surface area contributed by atoms with Gasteiger partial charge in [-0.2, -0.15) is 4.98 Å². The number of nitrogens with one attached hydrogen (secondary N) is 1. The fraction of sp³-hybridized carbons (Fsp3) is 0.500. The number of benzene rings is 1. The van der Waals surface area contributed by atoms with E-state index in [4.69, 9.17) is 4.52 Å². The van der Waals surface area contributed by atoms with Gasteiger partial charge in [0.25, 0.3) is 0 Å². The number of hydrogen-bond donors (Lipinski definition) is 1. The molecule has 1 unspecified atom stereocenters. The van der Waals surface area contributed by atoms with Gasteiger partial charge in [-0.1, -0.05) is 42.4 Å². The summed E-state index contributed by atoms with van der Waals surface area (Å²) < 4.78 is 5.41.